The minimum absolute atomic E-state index is 0.207. The van der Waals surface area contributed by atoms with E-state index in [9.17, 15) is 13.6 Å². The number of nitrogens with one attached hydrogen (secondary N) is 1. The normalized spacial score (nSPS) is 10.9. The minimum atomic E-state index is -2.57. The molecule has 0 spiro atoms. The molecule has 1 aromatic carbocycles. The highest BCUT2D eigenvalue weighted by atomic mass is 32.2. The quantitative estimate of drug-likeness (QED) is 0.755. The molecular weight excluding hydrogens is 328 g/mol. The molecule has 8 heteroatoms. The largest absolute Gasteiger partial charge is 0.296 e. The smallest absolute Gasteiger partial charge is 0.288 e. The van der Waals surface area contributed by atoms with Crippen LogP contribution in [0.2, 0.25) is 0 Å². The van der Waals surface area contributed by atoms with Gasteiger partial charge in [0.05, 0.1) is 5.56 Å². The number of halogens is 2. The van der Waals surface area contributed by atoms with Gasteiger partial charge in [-0.25, -0.2) is 0 Å². The molecule has 22 heavy (non-hydrogen) atoms. The Morgan fingerprint density at radius 2 is 2.14 bits per heavy atom. The van der Waals surface area contributed by atoms with Crippen LogP contribution >= 0.6 is 23.1 Å². The lowest BCUT2D eigenvalue weighted by atomic mass is 10.2. The van der Waals surface area contributed by atoms with Crippen molar-refractivity contribution >= 4 is 34.1 Å². The van der Waals surface area contributed by atoms with Crippen molar-refractivity contribution in [1.82, 2.24) is 10.2 Å². The molecule has 1 aromatic heterocycles. The second-order valence-corrected chi connectivity index (χ2v) is 6.53. The highest BCUT2D eigenvalue weighted by molar-refractivity contribution is 7.99. The van der Waals surface area contributed by atoms with Crippen molar-refractivity contribution in [2.24, 2.45) is 0 Å². The Hall–Kier alpha value is -1.54. The lowest BCUT2D eigenvalue weighted by Crippen LogP contribution is -2.13. The lowest BCUT2D eigenvalue weighted by molar-refractivity contribution is 0.102. The van der Waals surface area contributed by atoms with Crippen LogP contribution in [0.25, 0.3) is 0 Å². The van der Waals surface area contributed by atoms with Crippen LogP contribution in [0.4, 0.5) is 13.9 Å². The number of carbonyl (C=O) groups excluding carboxylic acids is 1. The first kappa shape index (κ1) is 16.8. The van der Waals surface area contributed by atoms with Gasteiger partial charge in [-0.3, -0.25) is 10.1 Å². The number of unbranched alkanes of at least 4 members (excludes halogenated alkanes) is 1. The SMILES string of the molecule is CCCCc1nnc(NC(=O)c2ccccc2SC(F)F)s1. The van der Waals surface area contributed by atoms with Gasteiger partial charge in [-0.15, -0.1) is 10.2 Å². The first-order valence-electron chi connectivity index (χ1n) is 6.77. The maximum absolute atomic E-state index is 12.5. The van der Waals surface area contributed by atoms with E-state index >= 15 is 0 Å². The van der Waals surface area contributed by atoms with Crippen molar-refractivity contribution in [3.05, 3.63) is 34.8 Å². The maximum Gasteiger partial charge on any atom is 0.288 e. The number of amides is 1. The molecule has 0 saturated carbocycles. The second-order valence-electron chi connectivity index (χ2n) is 4.43. The van der Waals surface area contributed by atoms with Crippen molar-refractivity contribution < 1.29 is 13.6 Å². The first-order valence-corrected chi connectivity index (χ1v) is 8.47. The zero-order valence-electron chi connectivity index (χ0n) is 11.9. The Balaban J connectivity index is 2.07. The molecule has 1 amide bonds. The van der Waals surface area contributed by atoms with Crippen LogP contribution in [0, 0.1) is 0 Å². The lowest BCUT2D eigenvalue weighted by Gasteiger charge is -2.07. The van der Waals surface area contributed by atoms with E-state index in [1.165, 1.54) is 23.5 Å². The first-order chi connectivity index (χ1) is 10.6. The molecule has 0 bridgehead atoms. The summed E-state index contributed by atoms with van der Waals surface area (Å²) in [4.78, 5) is 12.5. The summed E-state index contributed by atoms with van der Waals surface area (Å²) in [6.45, 7) is 2.08. The molecule has 0 radical (unpaired) electrons. The molecule has 118 valence electrons. The van der Waals surface area contributed by atoms with Gasteiger partial charge in [0, 0.05) is 11.3 Å². The molecule has 4 nitrogen and oxygen atoms in total. The third-order valence-corrected chi connectivity index (χ3v) is 4.47. The third-order valence-electron chi connectivity index (χ3n) is 2.78. The summed E-state index contributed by atoms with van der Waals surface area (Å²) in [5.74, 6) is -3.03. The van der Waals surface area contributed by atoms with Gasteiger partial charge in [0.25, 0.3) is 11.7 Å². The highest BCUT2D eigenvalue weighted by Crippen LogP contribution is 2.29. The Labute approximate surface area is 135 Å². The average Bonchev–Trinajstić information content (AvgIpc) is 2.92. The van der Waals surface area contributed by atoms with Gasteiger partial charge in [0.2, 0.25) is 5.13 Å². The second kappa shape index (κ2) is 8.19. The number of rotatable bonds is 7. The van der Waals surface area contributed by atoms with Crippen LogP contribution in [0.5, 0.6) is 0 Å². The van der Waals surface area contributed by atoms with E-state index in [1.54, 1.807) is 12.1 Å². The number of hydrogen-bond donors (Lipinski definition) is 1. The zero-order valence-corrected chi connectivity index (χ0v) is 13.5. The number of nitrogens with zero attached hydrogens (tertiary/aromatic N) is 2. The highest BCUT2D eigenvalue weighted by Gasteiger charge is 2.16. The number of alkyl halides is 2. The number of thioether (sulfide) groups is 1. The molecule has 0 aliphatic carbocycles. The summed E-state index contributed by atoms with van der Waals surface area (Å²) >= 11 is 1.66. The standard InChI is InChI=1S/C14H15F2N3OS2/c1-2-3-8-11-18-19-14(22-11)17-12(20)9-6-4-5-7-10(9)21-13(15)16/h4-7,13H,2-3,8H2,1H3,(H,17,19,20). The molecular formula is C14H15F2N3OS2. The summed E-state index contributed by atoms with van der Waals surface area (Å²) < 4.78 is 25.0. The third kappa shape index (κ3) is 4.74. The Morgan fingerprint density at radius 3 is 2.86 bits per heavy atom. The zero-order chi connectivity index (χ0) is 15.9. The van der Waals surface area contributed by atoms with E-state index in [0.29, 0.717) is 16.9 Å². The number of aromatic nitrogens is 2. The molecule has 2 aromatic rings. The van der Waals surface area contributed by atoms with Gasteiger partial charge in [0.15, 0.2) is 0 Å². The van der Waals surface area contributed by atoms with E-state index in [2.05, 4.69) is 22.4 Å². The van der Waals surface area contributed by atoms with E-state index < -0.39 is 11.7 Å². The number of benzene rings is 1. The fourth-order valence-corrected chi connectivity index (χ4v) is 3.16. The van der Waals surface area contributed by atoms with Crippen LogP contribution in [-0.4, -0.2) is 21.9 Å². The van der Waals surface area contributed by atoms with Crippen LogP contribution in [0.3, 0.4) is 0 Å². The monoisotopic (exact) mass is 343 g/mol. The van der Waals surface area contributed by atoms with Crippen molar-refractivity contribution in [1.29, 1.82) is 0 Å². The minimum Gasteiger partial charge on any atom is -0.296 e. The molecule has 0 unspecified atom stereocenters. The summed E-state index contributed by atoms with van der Waals surface area (Å²) in [7, 11) is 0. The molecule has 0 saturated heterocycles. The molecule has 2 rings (SSSR count). The van der Waals surface area contributed by atoms with E-state index in [-0.39, 0.29) is 10.5 Å². The fraction of sp³-hybridized carbons (Fsp3) is 0.357. The van der Waals surface area contributed by atoms with Gasteiger partial charge in [-0.2, -0.15) is 8.78 Å². The van der Waals surface area contributed by atoms with Gasteiger partial charge in [-0.1, -0.05) is 48.6 Å². The fourth-order valence-electron chi connectivity index (χ4n) is 1.75. The molecule has 1 heterocycles. The summed E-state index contributed by atoms with van der Waals surface area (Å²) in [5.41, 5.74) is 0.207. The predicted octanol–water partition coefficient (Wildman–Crippen LogP) is 4.45. The van der Waals surface area contributed by atoms with E-state index in [1.807, 2.05) is 0 Å². The van der Waals surface area contributed by atoms with Gasteiger partial charge in [0.1, 0.15) is 5.01 Å². The Bertz CT molecular complexity index is 634. The average molecular weight is 343 g/mol. The van der Waals surface area contributed by atoms with Crippen LogP contribution < -0.4 is 5.32 Å². The molecule has 1 N–H and O–H groups in total. The number of hydrogen-bond acceptors (Lipinski definition) is 5. The van der Waals surface area contributed by atoms with Crippen molar-refractivity contribution in [2.75, 3.05) is 5.32 Å². The molecule has 0 fully saturated rings. The van der Waals surface area contributed by atoms with Crippen LogP contribution in [0.1, 0.15) is 35.1 Å². The molecule has 0 aliphatic heterocycles. The van der Waals surface area contributed by atoms with Gasteiger partial charge < -0.3 is 0 Å². The van der Waals surface area contributed by atoms with Crippen LogP contribution in [0.15, 0.2) is 29.2 Å². The summed E-state index contributed by atoms with van der Waals surface area (Å²) in [6, 6.07) is 6.27. The summed E-state index contributed by atoms with van der Waals surface area (Å²) in [5, 5.41) is 11.8. The molecule has 0 atom stereocenters. The number of carbonyl (C=O) groups is 1. The number of aryl methyl sites for hydroxylation is 1. The van der Waals surface area contributed by atoms with Crippen LogP contribution in [-0.2, 0) is 6.42 Å². The summed E-state index contributed by atoms with van der Waals surface area (Å²) in [6.07, 6.45) is 2.89. The van der Waals surface area contributed by atoms with Crippen molar-refractivity contribution in [3.8, 4) is 0 Å². The van der Waals surface area contributed by atoms with Gasteiger partial charge >= 0.3 is 0 Å². The predicted molar refractivity (Wildman–Crippen MR) is 84.8 cm³/mol. The maximum atomic E-state index is 12.5. The van der Waals surface area contributed by atoms with Crippen molar-refractivity contribution in [3.63, 3.8) is 0 Å². The molecule has 0 aliphatic rings. The van der Waals surface area contributed by atoms with Gasteiger partial charge in [-0.05, 0) is 18.6 Å². The van der Waals surface area contributed by atoms with E-state index in [0.717, 1.165) is 24.3 Å². The van der Waals surface area contributed by atoms with Crippen molar-refractivity contribution in [2.45, 2.75) is 36.8 Å². The number of anilines is 1. The Kier molecular flexibility index (Phi) is 6.26. The van der Waals surface area contributed by atoms with E-state index in [4.69, 9.17) is 0 Å². The topological polar surface area (TPSA) is 54.9 Å². The Morgan fingerprint density at radius 1 is 1.36 bits per heavy atom.